The Balaban J connectivity index is 1.66. The van der Waals surface area contributed by atoms with Crippen molar-refractivity contribution < 1.29 is 23.8 Å². The molecule has 0 spiro atoms. The van der Waals surface area contributed by atoms with Crippen LogP contribution in [0.5, 0.6) is 5.75 Å². The zero-order valence-electron chi connectivity index (χ0n) is 19.1. The van der Waals surface area contributed by atoms with Gasteiger partial charge in [-0.3, -0.25) is 9.69 Å². The molecule has 0 aromatic heterocycles. The van der Waals surface area contributed by atoms with Gasteiger partial charge in [-0.05, 0) is 51.5 Å². The van der Waals surface area contributed by atoms with Crippen molar-refractivity contribution in [2.24, 2.45) is 0 Å². The van der Waals surface area contributed by atoms with Crippen molar-refractivity contribution in [2.45, 2.75) is 45.8 Å². The minimum atomic E-state index is -0.567. The maximum Gasteiger partial charge on any atom is 0.407 e. The van der Waals surface area contributed by atoms with Crippen LogP contribution in [0.3, 0.4) is 0 Å². The van der Waals surface area contributed by atoms with Crippen LogP contribution in [0.4, 0.5) is 4.79 Å². The molecule has 0 saturated carbocycles. The van der Waals surface area contributed by atoms with Gasteiger partial charge in [-0.1, -0.05) is 0 Å². The van der Waals surface area contributed by atoms with Gasteiger partial charge in [0.1, 0.15) is 11.4 Å². The minimum Gasteiger partial charge on any atom is -0.493 e. The summed E-state index contributed by atoms with van der Waals surface area (Å²) >= 11 is 0. The molecule has 1 atom stereocenters. The zero-order valence-corrected chi connectivity index (χ0v) is 19.1. The topological polar surface area (TPSA) is 80.3 Å². The van der Waals surface area contributed by atoms with Crippen molar-refractivity contribution in [3.05, 3.63) is 29.3 Å². The van der Waals surface area contributed by atoms with E-state index in [4.69, 9.17) is 14.2 Å². The number of nitrogens with one attached hydrogen (secondary N) is 1. The van der Waals surface area contributed by atoms with Crippen molar-refractivity contribution in [1.29, 1.82) is 0 Å². The lowest BCUT2D eigenvalue weighted by molar-refractivity contribution is 0.0312. The molecule has 0 bridgehead atoms. The summed E-state index contributed by atoms with van der Waals surface area (Å²) in [4.78, 5) is 29.6. The fourth-order valence-electron chi connectivity index (χ4n) is 3.75. The van der Waals surface area contributed by atoms with E-state index in [1.54, 1.807) is 0 Å². The second-order valence-corrected chi connectivity index (χ2v) is 9.17. The monoisotopic (exact) mass is 433 g/mol. The number of nitrogens with zero attached hydrogens (tertiary/aromatic N) is 2. The fourth-order valence-corrected chi connectivity index (χ4v) is 3.75. The molecule has 0 radical (unpaired) electrons. The van der Waals surface area contributed by atoms with Crippen LogP contribution >= 0.6 is 0 Å². The molecular formula is C23H35N3O5. The van der Waals surface area contributed by atoms with Gasteiger partial charge in [0.25, 0.3) is 5.91 Å². The lowest BCUT2D eigenvalue weighted by Gasteiger charge is -2.32. The first-order valence-corrected chi connectivity index (χ1v) is 11.1. The van der Waals surface area contributed by atoms with Gasteiger partial charge in [0.05, 0.1) is 19.8 Å². The summed E-state index contributed by atoms with van der Waals surface area (Å²) in [7, 11) is 0. The number of benzene rings is 1. The quantitative estimate of drug-likeness (QED) is 0.711. The van der Waals surface area contributed by atoms with Gasteiger partial charge in [0.2, 0.25) is 0 Å². The maximum absolute atomic E-state index is 13.4. The molecular weight excluding hydrogens is 398 g/mol. The average Bonchev–Trinajstić information content (AvgIpc) is 3.17. The van der Waals surface area contributed by atoms with Crippen LogP contribution in [-0.4, -0.2) is 86.0 Å². The van der Waals surface area contributed by atoms with E-state index in [0.29, 0.717) is 25.3 Å². The van der Waals surface area contributed by atoms with E-state index < -0.39 is 11.7 Å². The first kappa shape index (κ1) is 23.3. The van der Waals surface area contributed by atoms with Crippen molar-refractivity contribution in [3.8, 4) is 5.75 Å². The van der Waals surface area contributed by atoms with E-state index in [1.165, 1.54) is 0 Å². The van der Waals surface area contributed by atoms with Gasteiger partial charge in [-0.2, -0.15) is 0 Å². The first-order valence-electron chi connectivity index (χ1n) is 11.1. The standard InChI is InChI=1S/C23H35N3O5/c1-17(24-22(28)31-23(2,3)4)16-26(9-8-25-10-13-29-14-11-25)21(27)19-5-6-20-18(15-19)7-12-30-20/h5-6,15,17H,7-14,16H2,1-4H3,(H,24,28)/t17-/m1/s1. The number of alkyl carbamates (subject to hydrolysis) is 1. The number of fused-ring (bicyclic) bond motifs is 1. The van der Waals surface area contributed by atoms with Crippen LogP contribution < -0.4 is 10.1 Å². The van der Waals surface area contributed by atoms with E-state index in [1.807, 2.05) is 50.8 Å². The minimum absolute atomic E-state index is 0.0409. The summed E-state index contributed by atoms with van der Waals surface area (Å²) in [6.07, 6.45) is 0.344. The third-order valence-corrected chi connectivity index (χ3v) is 5.27. The highest BCUT2D eigenvalue weighted by atomic mass is 16.6. The van der Waals surface area contributed by atoms with E-state index >= 15 is 0 Å². The van der Waals surface area contributed by atoms with E-state index in [2.05, 4.69) is 10.2 Å². The predicted molar refractivity (Wildman–Crippen MR) is 118 cm³/mol. The molecule has 1 fully saturated rings. The molecule has 1 aromatic carbocycles. The Morgan fingerprint density at radius 1 is 1.23 bits per heavy atom. The first-order chi connectivity index (χ1) is 14.7. The highest BCUT2D eigenvalue weighted by molar-refractivity contribution is 5.94. The van der Waals surface area contributed by atoms with Crippen LogP contribution in [0, 0.1) is 0 Å². The smallest absolute Gasteiger partial charge is 0.407 e. The molecule has 172 valence electrons. The number of carbonyl (C=O) groups is 2. The van der Waals surface area contributed by atoms with Crippen LogP contribution in [0.25, 0.3) is 0 Å². The third kappa shape index (κ3) is 7.11. The number of amides is 2. The SMILES string of the molecule is C[C@H](CN(CCN1CCOCC1)C(=O)c1ccc2c(c1)CCO2)NC(=O)OC(C)(C)C. The summed E-state index contributed by atoms with van der Waals surface area (Å²) in [6.45, 7) is 12.9. The Labute approximate surface area is 184 Å². The molecule has 1 saturated heterocycles. The number of hydrogen-bond donors (Lipinski definition) is 1. The maximum atomic E-state index is 13.4. The number of ether oxygens (including phenoxy) is 3. The van der Waals surface area contributed by atoms with Crippen LogP contribution in [0.2, 0.25) is 0 Å². The Kier molecular flexibility index (Phi) is 7.78. The largest absolute Gasteiger partial charge is 0.493 e. The van der Waals surface area contributed by atoms with Crippen molar-refractivity contribution in [2.75, 3.05) is 52.5 Å². The lowest BCUT2D eigenvalue weighted by Crippen LogP contribution is -2.48. The van der Waals surface area contributed by atoms with Gasteiger partial charge in [0.15, 0.2) is 0 Å². The molecule has 2 aliphatic heterocycles. The summed E-state index contributed by atoms with van der Waals surface area (Å²) in [6, 6.07) is 5.37. The van der Waals surface area contributed by atoms with Gasteiger partial charge in [-0.25, -0.2) is 4.79 Å². The highest BCUT2D eigenvalue weighted by Gasteiger charge is 2.24. The number of morpholine rings is 1. The summed E-state index contributed by atoms with van der Waals surface area (Å²) in [5.41, 5.74) is 1.15. The summed E-state index contributed by atoms with van der Waals surface area (Å²) in [5, 5.41) is 2.84. The summed E-state index contributed by atoms with van der Waals surface area (Å²) < 4.78 is 16.3. The molecule has 31 heavy (non-hydrogen) atoms. The van der Waals surface area contributed by atoms with Crippen LogP contribution in [0.15, 0.2) is 18.2 Å². The van der Waals surface area contributed by atoms with Gasteiger partial charge < -0.3 is 24.4 Å². The molecule has 8 heteroatoms. The Morgan fingerprint density at radius 3 is 2.68 bits per heavy atom. The van der Waals surface area contributed by atoms with Crippen molar-refractivity contribution >= 4 is 12.0 Å². The van der Waals surface area contributed by atoms with E-state index in [9.17, 15) is 9.59 Å². The summed E-state index contributed by atoms with van der Waals surface area (Å²) in [5.74, 6) is 0.817. The van der Waals surface area contributed by atoms with Gasteiger partial charge in [-0.15, -0.1) is 0 Å². The van der Waals surface area contributed by atoms with Gasteiger partial charge >= 0.3 is 6.09 Å². The van der Waals surface area contributed by atoms with Crippen molar-refractivity contribution in [3.63, 3.8) is 0 Å². The van der Waals surface area contributed by atoms with Crippen LogP contribution in [-0.2, 0) is 15.9 Å². The molecule has 1 N–H and O–H groups in total. The molecule has 2 heterocycles. The normalized spacial score (nSPS) is 17.4. The molecule has 0 unspecified atom stereocenters. The second-order valence-electron chi connectivity index (χ2n) is 9.17. The third-order valence-electron chi connectivity index (χ3n) is 5.27. The predicted octanol–water partition coefficient (Wildman–Crippen LogP) is 2.31. The average molecular weight is 434 g/mol. The molecule has 3 rings (SSSR count). The fraction of sp³-hybridized carbons (Fsp3) is 0.652. The molecule has 1 aromatic rings. The number of hydrogen-bond acceptors (Lipinski definition) is 6. The van der Waals surface area contributed by atoms with E-state index in [0.717, 1.165) is 50.6 Å². The molecule has 8 nitrogen and oxygen atoms in total. The Morgan fingerprint density at radius 2 is 1.97 bits per heavy atom. The number of carbonyl (C=O) groups excluding carboxylic acids is 2. The molecule has 2 amide bonds. The lowest BCUT2D eigenvalue weighted by atomic mass is 10.1. The number of rotatable bonds is 7. The Hall–Kier alpha value is -2.32. The van der Waals surface area contributed by atoms with E-state index in [-0.39, 0.29) is 11.9 Å². The zero-order chi connectivity index (χ0) is 22.4. The van der Waals surface area contributed by atoms with Crippen LogP contribution in [0.1, 0.15) is 43.6 Å². The highest BCUT2D eigenvalue weighted by Crippen LogP contribution is 2.26. The van der Waals surface area contributed by atoms with Crippen molar-refractivity contribution in [1.82, 2.24) is 15.1 Å². The molecule has 0 aliphatic carbocycles. The second kappa shape index (κ2) is 10.3. The molecule has 2 aliphatic rings. The Bertz CT molecular complexity index is 771. The van der Waals surface area contributed by atoms with Gasteiger partial charge in [0, 0.05) is 50.7 Å².